The van der Waals surface area contributed by atoms with Crippen molar-refractivity contribution in [3.8, 4) is 0 Å². The highest BCUT2D eigenvalue weighted by Crippen LogP contribution is 2.46. The van der Waals surface area contributed by atoms with Crippen molar-refractivity contribution in [2.24, 2.45) is 11.7 Å². The zero-order chi connectivity index (χ0) is 17.9. The summed E-state index contributed by atoms with van der Waals surface area (Å²) >= 11 is 1.73. The van der Waals surface area contributed by atoms with Gasteiger partial charge in [0.1, 0.15) is 5.50 Å². The normalized spacial score (nSPS) is 21.2. The molecule has 1 unspecified atom stereocenters. The zero-order valence-electron chi connectivity index (χ0n) is 15.5. The van der Waals surface area contributed by atoms with Crippen molar-refractivity contribution in [1.29, 1.82) is 0 Å². The minimum Gasteiger partial charge on any atom is -0.315 e. The van der Waals surface area contributed by atoms with Crippen LogP contribution in [0.3, 0.4) is 0 Å². The van der Waals surface area contributed by atoms with Gasteiger partial charge in [-0.15, -0.1) is 0 Å². The van der Waals surface area contributed by atoms with Gasteiger partial charge < -0.3 is 16.0 Å². The second-order valence-corrected chi connectivity index (χ2v) is 8.80. The molecular formula is C22H29N3S. The van der Waals surface area contributed by atoms with Crippen molar-refractivity contribution in [1.82, 2.24) is 5.32 Å². The molecule has 138 valence electrons. The van der Waals surface area contributed by atoms with Gasteiger partial charge in [0.25, 0.3) is 0 Å². The maximum absolute atomic E-state index is 6.46. The van der Waals surface area contributed by atoms with Crippen LogP contribution >= 0.6 is 11.8 Å². The SMILES string of the molecule is C[C@@H](CC1CCCC1)NCc1ccccc1N1c2ccccc2SC1N. The van der Waals surface area contributed by atoms with Gasteiger partial charge >= 0.3 is 0 Å². The monoisotopic (exact) mass is 367 g/mol. The van der Waals surface area contributed by atoms with E-state index in [1.165, 1.54) is 53.9 Å². The van der Waals surface area contributed by atoms with Gasteiger partial charge in [-0.1, -0.05) is 67.8 Å². The molecule has 2 aromatic rings. The smallest absolute Gasteiger partial charge is 0.134 e. The molecule has 2 atom stereocenters. The third kappa shape index (κ3) is 3.78. The predicted octanol–water partition coefficient (Wildman–Crippen LogP) is 5.23. The van der Waals surface area contributed by atoms with Gasteiger partial charge in [0, 0.05) is 23.2 Å². The van der Waals surface area contributed by atoms with Crippen LogP contribution in [-0.2, 0) is 6.54 Å². The standard InChI is InChI=1S/C22H29N3S/c1-16(14-17-8-2-3-9-17)24-15-18-10-4-5-11-19(18)25-20-12-6-7-13-21(20)26-22(25)23/h4-7,10-13,16-17,22,24H,2-3,8-9,14-15,23H2,1H3/t16-,22?/m0/s1. The number of hydrogen-bond acceptors (Lipinski definition) is 4. The second kappa shape index (κ2) is 8.03. The fourth-order valence-electron chi connectivity index (χ4n) is 4.35. The maximum atomic E-state index is 6.46. The molecule has 4 heteroatoms. The van der Waals surface area contributed by atoms with Gasteiger partial charge in [0.15, 0.2) is 0 Å². The third-order valence-corrected chi connectivity index (χ3v) is 6.73. The van der Waals surface area contributed by atoms with E-state index >= 15 is 0 Å². The van der Waals surface area contributed by atoms with Gasteiger partial charge in [-0.05, 0) is 43.0 Å². The summed E-state index contributed by atoms with van der Waals surface area (Å²) in [5, 5.41) is 3.75. The van der Waals surface area contributed by atoms with E-state index in [1.807, 2.05) is 0 Å². The summed E-state index contributed by atoms with van der Waals surface area (Å²) in [7, 11) is 0. The van der Waals surface area contributed by atoms with Crippen LogP contribution in [0.5, 0.6) is 0 Å². The summed E-state index contributed by atoms with van der Waals surface area (Å²) in [6.07, 6.45) is 6.97. The van der Waals surface area contributed by atoms with E-state index in [2.05, 4.69) is 65.7 Å². The Labute approximate surface area is 161 Å². The number of thioether (sulfide) groups is 1. The molecule has 26 heavy (non-hydrogen) atoms. The highest BCUT2D eigenvalue weighted by molar-refractivity contribution is 8.00. The number of benzene rings is 2. The molecule has 2 aromatic carbocycles. The first kappa shape index (κ1) is 17.9. The first-order valence-corrected chi connectivity index (χ1v) is 10.7. The minimum atomic E-state index is -0.0653. The minimum absolute atomic E-state index is 0.0653. The molecule has 0 saturated heterocycles. The first-order chi connectivity index (χ1) is 12.7. The quantitative estimate of drug-likeness (QED) is 0.733. The van der Waals surface area contributed by atoms with Crippen LogP contribution < -0.4 is 16.0 Å². The molecule has 0 aromatic heterocycles. The Morgan fingerprint density at radius 3 is 2.58 bits per heavy atom. The Bertz CT molecular complexity index is 742. The second-order valence-electron chi connectivity index (χ2n) is 7.64. The van der Waals surface area contributed by atoms with Gasteiger partial charge in [-0.25, -0.2) is 0 Å². The topological polar surface area (TPSA) is 41.3 Å². The molecule has 2 aliphatic rings. The van der Waals surface area contributed by atoms with E-state index in [1.54, 1.807) is 11.8 Å². The van der Waals surface area contributed by atoms with E-state index in [-0.39, 0.29) is 5.50 Å². The largest absolute Gasteiger partial charge is 0.315 e. The number of nitrogens with zero attached hydrogens (tertiary/aromatic N) is 1. The predicted molar refractivity (Wildman–Crippen MR) is 112 cm³/mol. The average Bonchev–Trinajstić information content (AvgIpc) is 3.27. The van der Waals surface area contributed by atoms with E-state index in [9.17, 15) is 0 Å². The lowest BCUT2D eigenvalue weighted by Gasteiger charge is -2.27. The molecule has 1 fully saturated rings. The van der Waals surface area contributed by atoms with Crippen molar-refractivity contribution in [3.63, 3.8) is 0 Å². The van der Waals surface area contributed by atoms with E-state index < -0.39 is 0 Å². The van der Waals surface area contributed by atoms with Crippen LogP contribution in [0.25, 0.3) is 0 Å². The van der Waals surface area contributed by atoms with Gasteiger partial charge in [0.05, 0.1) is 5.69 Å². The molecule has 3 N–H and O–H groups in total. The van der Waals surface area contributed by atoms with Crippen LogP contribution in [0.1, 0.15) is 44.6 Å². The van der Waals surface area contributed by atoms with Crippen LogP contribution in [0.15, 0.2) is 53.4 Å². The van der Waals surface area contributed by atoms with Crippen molar-refractivity contribution < 1.29 is 0 Å². The van der Waals surface area contributed by atoms with Gasteiger partial charge in [-0.2, -0.15) is 0 Å². The Morgan fingerprint density at radius 1 is 1.08 bits per heavy atom. The first-order valence-electron chi connectivity index (χ1n) is 9.84. The molecule has 1 saturated carbocycles. The number of anilines is 2. The summed E-state index contributed by atoms with van der Waals surface area (Å²) in [5.41, 5.74) is 10.2. The lowest BCUT2D eigenvalue weighted by molar-refractivity contribution is 0.404. The van der Waals surface area contributed by atoms with Crippen LogP contribution in [0.2, 0.25) is 0 Å². The number of fused-ring (bicyclic) bond motifs is 1. The molecule has 1 aliphatic heterocycles. The number of nitrogens with two attached hydrogens (primary N) is 1. The third-order valence-electron chi connectivity index (χ3n) is 5.68. The summed E-state index contributed by atoms with van der Waals surface area (Å²) < 4.78 is 0. The van der Waals surface area contributed by atoms with E-state index in [0.29, 0.717) is 6.04 Å². The van der Waals surface area contributed by atoms with Gasteiger partial charge in [0.2, 0.25) is 0 Å². The molecule has 1 heterocycles. The molecule has 0 bridgehead atoms. The number of rotatable bonds is 6. The van der Waals surface area contributed by atoms with E-state index in [4.69, 9.17) is 5.73 Å². The van der Waals surface area contributed by atoms with Crippen molar-refractivity contribution >= 4 is 23.1 Å². The lowest BCUT2D eigenvalue weighted by Crippen LogP contribution is -2.34. The van der Waals surface area contributed by atoms with Crippen LogP contribution in [0.4, 0.5) is 11.4 Å². The maximum Gasteiger partial charge on any atom is 0.134 e. The number of nitrogens with one attached hydrogen (secondary N) is 1. The Balaban J connectivity index is 1.48. The van der Waals surface area contributed by atoms with Crippen LogP contribution in [-0.4, -0.2) is 11.5 Å². The van der Waals surface area contributed by atoms with Crippen LogP contribution in [0, 0.1) is 5.92 Å². The number of hydrogen-bond donors (Lipinski definition) is 2. The number of para-hydroxylation sites is 2. The Kier molecular flexibility index (Phi) is 5.53. The average molecular weight is 368 g/mol. The highest BCUT2D eigenvalue weighted by Gasteiger charge is 2.29. The lowest BCUT2D eigenvalue weighted by atomic mass is 9.99. The van der Waals surface area contributed by atoms with Crippen molar-refractivity contribution in [3.05, 3.63) is 54.1 Å². The molecule has 0 spiro atoms. The van der Waals surface area contributed by atoms with Crippen molar-refractivity contribution in [2.75, 3.05) is 4.90 Å². The van der Waals surface area contributed by atoms with E-state index in [0.717, 1.165) is 12.5 Å². The molecule has 4 rings (SSSR count). The van der Waals surface area contributed by atoms with Gasteiger partial charge in [-0.3, -0.25) is 0 Å². The summed E-state index contributed by atoms with van der Waals surface area (Å²) in [6, 6.07) is 17.7. The van der Waals surface area contributed by atoms with Crippen molar-refractivity contribution in [2.45, 2.75) is 62.0 Å². The summed E-state index contributed by atoms with van der Waals surface area (Å²) in [4.78, 5) is 3.54. The summed E-state index contributed by atoms with van der Waals surface area (Å²) in [5.74, 6) is 0.919. The fourth-order valence-corrected chi connectivity index (χ4v) is 5.39. The summed E-state index contributed by atoms with van der Waals surface area (Å²) in [6.45, 7) is 3.22. The Hall–Kier alpha value is -1.49. The molecule has 3 nitrogen and oxygen atoms in total. The molecule has 0 radical (unpaired) electrons. The molecular weight excluding hydrogens is 338 g/mol. The molecule has 0 amide bonds. The highest BCUT2D eigenvalue weighted by atomic mass is 32.2. The fraction of sp³-hybridized carbons (Fsp3) is 0.455. The molecule has 1 aliphatic carbocycles. The zero-order valence-corrected chi connectivity index (χ0v) is 16.3. The Morgan fingerprint density at radius 2 is 1.77 bits per heavy atom.